The van der Waals surface area contributed by atoms with E-state index in [0.717, 1.165) is 23.3 Å². The third-order valence-corrected chi connectivity index (χ3v) is 6.93. The number of nitrogens with zero attached hydrogens (tertiary/aromatic N) is 1. The number of hydrogen-bond donors (Lipinski definition) is 2. The number of hydrogen-bond acceptors (Lipinski definition) is 5. The first kappa shape index (κ1) is 29.4. The molecule has 40 heavy (non-hydrogen) atoms. The number of halogens is 5. The first-order chi connectivity index (χ1) is 18.8. The summed E-state index contributed by atoms with van der Waals surface area (Å²) in [6, 6.07) is 9.27. The van der Waals surface area contributed by atoms with Crippen LogP contribution in [0.5, 0.6) is 11.5 Å². The number of ether oxygens (including phenoxy) is 1. The van der Waals surface area contributed by atoms with E-state index in [1.165, 1.54) is 44.5 Å². The minimum atomic E-state index is -4.72. The minimum Gasteiger partial charge on any atom is -0.456 e. The summed E-state index contributed by atoms with van der Waals surface area (Å²) in [5.41, 5.74) is -0.804. The zero-order chi connectivity index (χ0) is 29.4. The number of carbonyl (C=O) groups excluding carboxylic acids is 1. The molecule has 0 heterocycles. The third-order valence-electron chi connectivity index (χ3n) is 6.93. The number of amides is 1. The van der Waals surface area contributed by atoms with Gasteiger partial charge in [0.2, 0.25) is 0 Å². The number of carbonyl (C=O) groups is 1. The van der Waals surface area contributed by atoms with Crippen molar-refractivity contribution in [2.45, 2.75) is 50.9 Å². The lowest BCUT2D eigenvalue weighted by molar-refractivity contribution is -0.209. The predicted molar refractivity (Wildman–Crippen MR) is 138 cm³/mol. The van der Waals surface area contributed by atoms with E-state index in [1.54, 1.807) is 13.8 Å². The maximum atomic E-state index is 14.6. The molecule has 0 spiro atoms. The highest BCUT2D eigenvalue weighted by atomic mass is 19.4. The van der Waals surface area contributed by atoms with Crippen LogP contribution >= 0.6 is 0 Å². The van der Waals surface area contributed by atoms with Crippen molar-refractivity contribution in [3.8, 4) is 11.5 Å². The van der Waals surface area contributed by atoms with E-state index in [-0.39, 0.29) is 34.2 Å². The quantitative estimate of drug-likeness (QED) is 0.164. The molecular weight excluding hydrogens is 535 g/mol. The number of aryl methyl sites for hydroxylation is 1. The van der Waals surface area contributed by atoms with Crippen molar-refractivity contribution in [1.29, 1.82) is 0 Å². The molecule has 11 heteroatoms. The highest BCUT2D eigenvalue weighted by Crippen LogP contribution is 2.48. The molecule has 0 radical (unpaired) electrons. The van der Waals surface area contributed by atoms with Gasteiger partial charge in [0.05, 0.1) is 18.2 Å². The van der Waals surface area contributed by atoms with E-state index in [9.17, 15) is 31.9 Å². The van der Waals surface area contributed by atoms with E-state index >= 15 is 0 Å². The monoisotopic (exact) mass is 564 g/mol. The van der Waals surface area contributed by atoms with Crippen LogP contribution in [0.4, 0.5) is 27.6 Å². The predicted octanol–water partition coefficient (Wildman–Crippen LogP) is 7.13. The molecule has 0 aliphatic heterocycles. The van der Waals surface area contributed by atoms with E-state index in [4.69, 9.17) is 9.57 Å². The summed E-state index contributed by atoms with van der Waals surface area (Å²) in [4.78, 5) is 18.4. The van der Waals surface area contributed by atoms with E-state index in [1.807, 2.05) is 0 Å². The van der Waals surface area contributed by atoms with E-state index in [0.29, 0.717) is 18.4 Å². The highest BCUT2D eigenvalue weighted by Gasteiger charge is 2.40. The number of likely N-dealkylation sites (N-methyl/N-ethyl adjacent to an activating group) is 1. The summed E-state index contributed by atoms with van der Waals surface area (Å²) in [5, 5.41) is 14.1. The Morgan fingerprint density at radius 3 is 2.38 bits per heavy atom. The van der Waals surface area contributed by atoms with Gasteiger partial charge in [-0.2, -0.15) is 18.2 Å². The summed E-state index contributed by atoms with van der Waals surface area (Å²) in [7, 11) is 2.79. The van der Waals surface area contributed by atoms with E-state index < -0.39 is 47.0 Å². The Morgan fingerprint density at radius 2 is 1.77 bits per heavy atom. The molecule has 4 rings (SSSR count). The number of aliphatic hydroxyl groups excluding tert-OH is 1. The van der Waals surface area contributed by atoms with Gasteiger partial charge in [0.25, 0.3) is 5.91 Å². The molecule has 3 aromatic carbocycles. The van der Waals surface area contributed by atoms with Gasteiger partial charge in [-0.25, -0.2) is 8.78 Å². The minimum absolute atomic E-state index is 0.0213. The van der Waals surface area contributed by atoms with Crippen molar-refractivity contribution < 1.29 is 41.4 Å². The van der Waals surface area contributed by atoms with Crippen LogP contribution < -0.4 is 10.1 Å². The number of anilines is 1. The van der Waals surface area contributed by atoms with Crippen molar-refractivity contribution in [2.75, 3.05) is 19.5 Å². The zero-order valence-electron chi connectivity index (χ0n) is 22.3. The van der Waals surface area contributed by atoms with Crippen LogP contribution in [-0.4, -0.2) is 36.5 Å². The molecule has 1 fully saturated rings. The molecule has 1 amide bonds. The molecule has 0 bridgehead atoms. The summed E-state index contributed by atoms with van der Waals surface area (Å²) in [6.45, 7) is 3.12. The van der Waals surface area contributed by atoms with Gasteiger partial charge in [-0.05, 0) is 90.9 Å². The SMILES string of the molecule is CON(C)C(O)C(C)c1cc(NC(=O)c2cc(C(F)(F)F)c(C3CC3)cc2Oc2ccc(F)cc2C)ccc1F. The second kappa shape index (κ2) is 11.5. The fourth-order valence-corrected chi connectivity index (χ4v) is 4.43. The van der Waals surface area contributed by atoms with Crippen molar-refractivity contribution in [3.05, 3.63) is 88.0 Å². The molecule has 3 aromatic rings. The van der Waals surface area contributed by atoms with Crippen LogP contribution in [0, 0.1) is 18.6 Å². The molecule has 6 nitrogen and oxygen atoms in total. The first-order valence-electron chi connectivity index (χ1n) is 12.5. The molecule has 2 unspecified atom stereocenters. The van der Waals surface area contributed by atoms with Gasteiger partial charge in [0.15, 0.2) is 0 Å². The van der Waals surface area contributed by atoms with Crippen molar-refractivity contribution in [2.24, 2.45) is 0 Å². The molecule has 0 saturated heterocycles. The summed E-state index contributed by atoms with van der Waals surface area (Å²) in [5.74, 6) is -3.17. The highest BCUT2D eigenvalue weighted by molar-refractivity contribution is 6.06. The lowest BCUT2D eigenvalue weighted by atomic mass is 9.97. The van der Waals surface area contributed by atoms with Gasteiger partial charge in [-0.15, -0.1) is 0 Å². The average molecular weight is 565 g/mol. The van der Waals surface area contributed by atoms with Crippen molar-refractivity contribution in [1.82, 2.24) is 5.06 Å². The number of rotatable bonds is 9. The van der Waals surface area contributed by atoms with Crippen LogP contribution in [0.15, 0.2) is 48.5 Å². The Kier molecular flexibility index (Phi) is 8.48. The molecular formula is C29H29F5N2O4. The smallest absolute Gasteiger partial charge is 0.416 e. The normalized spacial score (nSPS) is 15.2. The fourth-order valence-electron chi connectivity index (χ4n) is 4.43. The molecule has 1 saturated carbocycles. The third kappa shape index (κ3) is 6.43. The van der Waals surface area contributed by atoms with Crippen LogP contribution in [0.1, 0.15) is 64.2 Å². The Labute approximate surface area is 228 Å². The van der Waals surface area contributed by atoms with Crippen molar-refractivity contribution in [3.63, 3.8) is 0 Å². The summed E-state index contributed by atoms with van der Waals surface area (Å²) >= 11 is 0. The Bertz CT molecular complexity index is 1410. The van der Waals surface area contributed by atoms with Crippen molar-refractivity contribution >= 4 is 11.6 Å². The number of benzene rings is 3. The standard InChI is InChI=1S/C29H29F5N2O4/c1-15-11-18(30)7-10-25(15)40-26-14-21(17-5-6-17)23(29(32,33)34)13-22(26)27(37)35-19-8-9-24(31)20(12-19)16(2)28(38)36(3)39-4/h7-14,16-17,28,38H,5-6H2,1-4H3,(H,35,37). The molecule has 2 N–H and O–H groups in total. The summed E-state index contributed by atoms with van der Waals surface area (Å²) in [6.07, 6.45) is -4.80. The van der Waals surface area contributed by atoms with Crippen LogP contribution in [0.25, 0.3) is 0 Å². The van der Waals surface area contributed by atoms with Crippen LogP contribution in [0.2, 0.25) is 0 Å². The van der Waals surface area contributed by atoms with Gasteiger partial charge in [-0.1, -0.05) is 6.92 Å². The number of hydroxylamine groups is 2. The Balaban J connectivity index is 1.74. The Morgan fingerprint density at radius 1 is 1.07 bits per heavy atom. The topological polar surface area (TPSA) is 71.0 Å². The lowest BCUT2D eigenvalue weighted by Gasteiger charge is -2.27. The Hall–Kier alpha value is -3.54. The molecule has 1 aliphatic rings. The van der Waals surface area contributed by atoms with Gasteiger partial charge >= 0.3 is 6.18 Å². The maximum absolute atomic E-state index is 14.6. The number of aliphatic hydroxyl groups is 1. The molecule has 1 aliphatic carbocycles. The molecule has 2 atom stereocenters. The largest absolute Gasteiger partial charge is 0.456 e. The van der Waals surface area contributed by atoms with Crippen LogP contribution in [-0.2, 0) is 11.0 Å². The second-order valence-corrected chi connectivity index (χ2v) is 9.84. The molecule has 214 valence electrons. The van der Waals surface area contributed by atoms with Gasteiger partial charge < -0.3 is 20.0 Å². The van der Waals surface area contributed by atoms with E-state index in [2.05, 4.69) is 5.32 Å². The van der Waals surface area contributed by atoms with Gasteiger partial charge in [-0.3, -0.25) is 4.79 Å². The lowest BCUT2D eigenvalue weighted by Crippen LogP contribution is -2.35. The summed E-state index contributed by atoms with van der Waals surface area (Å²) < 4.78 is 76.3. The zero-order valence-corrected chi connectivity index (χ0v) is 22.3. The number of alkyl halides is 3. The number of nitrogens with one attached hydrogen (secondary N) is 1. The average Bonchev–Trinajstić information content (AvgIpc) is 3.74. The first-order valence-corrected chi connectivity index (χ1v) is 12.5. The fraction of sp³-hybridized carbons (Fsp3) is 0.345. The van der Waals surface area contributed by atoms with Gasteiger partial charge in [0.1, 0.15) is 29.4 Å². The second-order valence-electron chi connectivity index (χ2n) is 9.84. The van der Waals surface area contributed by atoms with Crippen LogP contribution in [0.3, 0.4) is 0 Å². The maximum Gasteiger partial charge on any atom is 0.416 e. The van der Waals surface area contributed by atoms with Gasteiger partial charge in [0, 0.05) is 18.7 Å². The molecule has 0 aromatic heterocycles.